The van der Waals surface area contributed by atoms with E-state index in [4.69, 9.17) is 0 Å². The van der Waals surface area contributed by atoms with Gasteiger partial charge in [0, 0.05) is 19.1 Å². The quantitative estimate of drug-likeness (QED) is 0.727. The van der Waals surface area contributed by atoms with Crippen molar-refractivity contribution in [3.8, 4) is 0 Å². The summed E-state index contributed by atoms with van der Waals surface area (Å²) in [4.78, 5) is 2.68. The predicted octanol–water partition coefficient (Wildman–Crippen LogP) is 2.35. The lowest BCUT2D eigenvalue weighted by molar-refractivity contribution is 0.154. The average molecular weight is 212 g/mol. The second-order valence-electron chi connectivity index (χ2n) is 4.99. The zero-order chi connectivity index (χ0) is 11.3. The van der Waals surface area contributed by atoms with Crippen LogP contribution < -0.4 is 5.32 Å². The maximum absolute atomic E-state index is 3.54. The standard InChI is InChI=1S/C13H28N2/c1-5-11(4)10-15(7-3)13-9-14-8-12(13)6-2/h11-14H,5-10H2,1-4H3. The second-order valence-corrected chi connectivity index (χ2v) is 4.99. The molecule has 1 fully saturated rings. The van der Waals surface area contributed by atoms with Gasteiger partial charge in [0.05, 0.1) is 0 Å². The monoisotopic (exact) mass is 212 g/mol. The van der Waals surface area contributed by atoms with E-state index in [0.29, 0.717) is 0 Å². The SMILES string of the molecule is CCC(C)CN(CC)C1CNCC1CC. The van der Waals surface area contributed by atoms with E-state index in [1.165, 1.54) is 39.0 Å². The molecule has 1 N–H and O–H groups in total. The molecule has 0 aliphatic carbocycles. The molecule has 0 aromatic heterocycles. The molecule has 2 heteroatoms. The summed E-state index contributed by atoms with van der Waals surface area (Å²) < 4.78 is 0. The van der Waals surface area contributed by atoms with Gasteiger partial charge in [-0.05, 0) is 24.9 Å². The molecule has 1 heterocycles. The summed E-state index contributed by atoms with van der Waals surface area (Å²) in [5, 5.41) is 3.54. The van der Waals surface area contributed by atoms with E-state index in [-0.39, 0.29) is 0 Å². The summed E-state index contributed by atoms with van der Waals surface area (Å²) in [7, 11) is 0. The Morgan fingerprint density at radius 2 is 2.00 bits per heavy atom. The Morgan fingerprint density at radius 1 is 1.27 bits per heavy atom. The lowest BCUT2D eigenvalue weighted by atomic mass is 9.97. The van der Waals surface area contributed by atoms with Crippen LogP contribution in [0.2, 0.25) is 0 Å². The van der Waals surface area contributed by atoms with Crippen LogP contribution in [0.1, 0.15) is 40.5 Å². The molecule has 90 valence electrons. The highest BCUT2D eigenvalue weighted by Gasteiger charge is 2.30. The van der Waals surface area contributed by atoms with Gasteiger partial charge in [0.2, 0.25) is 0 Å². The van der Waals surface area contributed by atoms with Crippen LogP contribution in [-0.4, -0.2) is 37.1 Å². The Morgan fingerprint density at radius 3 is 2.53 bits per heavy atom. The van der Waals surface area contributed by atoms with Crippen molar-refractivity contribution in [2.24, 2.45) is 11.8 Å². The van der Waals surface area contributed by atoms with Crippen molar-refractivity contribution in [1.82, 2.24) is 10.2 Å². The number of hydrogen-bond donors (Lipinski definition) is 1. The fourth-order valence-corrected chi connectivity index (χ4v) is 2.59. The highest BCUT2D eigenvalue weighted by molar-refractivity contribution is 4.88. The molecule has 1 aliphatic heterocycles. The summed E-state index contributed by atoms with van der Waals surface area (Å²) >= 11 is 0. The molecule has 1 aliphatic rings. The summed E-state index contributed by atoms with van der Waals surface area (Å²) in [6, 6.07) is 0.786. The molecule has 3 atom stereocenters. The molecule has 1 rings (SSSR count). The molecule has 2 nitrogen and oxygen atoms in total. The molecule has 15 heavy (non-hydrogen) atoms. The van der Waals surface area contributed by atoms with E-state index < -0.39 is 0 Å². The molecule has 0 aromatic rings. The van der Waals surface area contributed by atoms with Gasteiger partial charge in [0.25, 0.3) is 0 Å². The Labute approximate surface area is 95.4 Å². The molecule has 0 saturated carbocycles. The topological polar surface area (TPSA) is 15.3 Å². The third kappa shape index (κ3) is 3.46. The lowest BCUT2D eigenvalue weighted by Crippen LogP contribution is -2.42. The Kier molecular flexibility index (Phi) is 5.62. The van der Waals surface area contributed by atoms with Crippen LogP contribution >= 0.6 is 0 Å². The number of rotatable bonds is 6. The van der Waals surface area contributed by atoms with Gasteiger partial charge in [-0.15, -0.1) is 0 Å². The number of hydrogen-bond acceptors (Lipinski definition) is 2. The van der Waals surface area contributed by atoms with Crippen LogP contribution in [0.4, 0.5) is 0 Å². The Balaban J connectivity index is 2.49. The van der Waals surface area contributed by atoms with Gasteiger partial charge >= 0.3 is 0 Å². The van der Waals surface area contributed by atoms with Crippen molar-refractivity contribution in [3.05, 3.63) is 0 Å². The van der Waals surface area contributed by atoms with Crippen molar-refractivity contribution in [1.29, 1.82) is 0 Å². The summed E-state index contributed by atoms with van der Waals surface area (Å²) in [6.45, 7) is 14.2. The largest absolute Gasteiger partial charge is 0.315 e. The minimum absolute atomic E-state index is 0.786. The maximum Gasteiger partial charge on any atom is 0.0260 e. The first-order valence-electron chi connectivity index (χ1n) is 6.67. The van der Waals surface area contributed by atoms with Crippen LogP contribution in [-0.2, 0) is 0 Å². The summed E-state index contributed by atoms with van der Waals surface area (Å²) in [5.41, 5.74) is 0. The first-order valence-corrected chi connectivity index (χ1v) is 6.67. The van der Waals surface area contributed by atoms with Gasteiger partial charge in [-0.3, -0.25) is 4.90 Å². The van der Waals surface area contributed by atoms with E-state index in [1.54, 1.807) is 0 Å². The highest BCUT2D eigenvalue weighted by atomic mass is 15.2. The van der Waals surface area contributed by atoms with Crippen molar-refractivity contribution in [3.63, 3.8) is 0 Å². The van der Waals surface area contributed by atoms with E-state index >= 15 is 0 Å². The molecular weight excluding hydrogens is 184 g/mol. The van der Waals surface area contributed by atoms with Crippen LogP contribution in [0, 0.1) is 11.8 Å². The zero-order valence-electron chi connectivity index (χ0n) is 10.9. The van der Waals surface area contributed by atoms with Crippen molar-refractivity contribution < 1.29 is 0 Å². The third-order valence-electron chi connectivity index (χ3n) is 3.95. The van der Waals surface area contributed by atoms with Gasteiger partial charge in [-0.1, -0.05) is 40.5 Å². The molecule has 0 bridgehead atoms. The van der Waals surface area contributed by atoms with Crippen molar-refractivity contribution >= 4 is 0 Å². The third-order valence-corrected chi connectivity index (χ3v) is 3.95. The van der Waals surface area contributed by atoms with Gasteiger partial charge < -0.3 is 5.32 Å². The van der Waals surface area contributed by atoms with Crippen molar-refractivity contribution in [2.45, 2.75) is 46.6 Å². The smallest absolute Gasteiger partial charge is 0.0260 e. The highest BCUT2D eigenvalue weighted by Crippen LogP contribution is 2.20. The molecule has 0 spiro atoms. The minimum Gasteiger partial charge on any atom is -0.315 e. The second kappa shape index (κ2) is 6.49. The van der Waals surface area contributed by atoms with Gasteiger partial charge in [0.1, 0.15) is 0 Å². The fraction of sp³-hybridized carbons (Fsp3) is 1.00. The first-order chi connectivity index (χ1) is 7.22. The van der Waals surface area contributed by atoms with Crippen LogP contribution in [0.15, 0.2) is 0 Å². The molecule has 3 unspecified atom stereocenters. The Hall–Kier alpha value is -0.0800. The molecular formula is C13H28N2. The molecule has 0 radical (unpaired) electrons. The van der Waals surface area contributed by atoms with Gasteiger partial charge in [0.15, 0.2) is 0 Å². The first kappa shape index (κ1) is 13.0. The normalized spacial score (nSPS) is 28.6. The Bertz CT molecular complexity index is 170. The lowest BCUT2D eigenvalue weighted by Gasteiger charge is -2.33. The zero-order valence-corrected chi connectivity index (χ0v) is 10.9. The van der Waals surface area contributed by atoms with Crippen LogP contribution in [0.3, 0.4) is 0 Å². The van der Waals surface area contributed by atoms with E-state index in [1.807, 2.05) is 0 Å². The molecule has 0 aromatic carbocycles. The number of likely N-dealkylation sites (N-methyl/N-ethyl adjacent to an activating group) is 1. The molecule has 1 saturated heterocycles. The maximum atomic E-state index is 3.54. The minimum atomic E-state index is 0.786. The van der Waals surface area contributed by atoms with Crippen LogP contribution in [0.5, 0.6) is 0 Å². The summed E-state index contributed by atoms with van der Waals surface area (Å²) in [5.74, 6) is 1.71. The number of nitrogens with zero attached hydrogens (tertiary/aromatic N) is 1. The van der Waals surface area contributed by atoms with Gasteiger partial charge in [-0.25, -0.2) is 0 Å². The fourth-order valence-electron chi connectivity index (χ4n) is 2.59. The average Bonchev–Trinajstić information content (AvgIpc) is 2.73. The summed E-state index contributed by atoms with van der Waals surface area (Å²) in [6.07, 6.45) is 2.61. The van der Waals surface area contributed by atoms with E-state index in [9.17, 15) is 0 Å². The van der Waals surface area contributed by atoms with E-state index in [0.717, 1.165) is 17.9 Å². The van der Waals surface area contributed by atoms with E-state index in [2.05, 4.69) is 37.9 Å². The number of nitrogens with one attached hydrogen (secondary N) is 1. The van der Waals surface area contributed by atoms with Crippen molar-refractivity contribution in [2.75, 3.05) is 26.2 Å². The predicted molar refractivity (Wildman–Crippen MR) is 67.1 cm³/mol. The van der Waals surface area contributed by atoms with Gasteiger partial charge in [-0.2, -0.15) is 0 Å². The van der Waals surface area contributed by atoms with Crippen LogP contribution in [0.25, 0.3) is 0 Å². The molecule has 0 amide bonds.